The Kier molecular flexibility index (Phi) is 6.40. The van der Waals surface area contributed by atoms with Crippen LogP contribution in [-0.4, -0.2) is 45.3 Å². The SMILES string of the molecule is CO/N=C(/CO/N=C(/c1ccccc1)c1nnnn1C)c1ccccc1C(F)(F)F. The first-order chi connectivity index (χ1) is 14.4. The van der Waals surface area contributed by atoms with E-state index in [1.54, 1.807) is 31.3 Å². The van der Waals surface area contributed by atoms with Gasteiger partial charge in [0, 0.05) is 18.2 Å². The third-order valence-corrected chi connectivity index (χ3v) is 3.98. The van der Waals surface area contributed by atoms with E-state index >= 15 is 0 Å². The van der Waals surface area contributed by atoms with Gasteiger partial charge in [0.1, 0.15) is 12.8 Å². The van der Waals surface area contributed by atoms with Gasteiger partial charge >= 0.3 is 6.18 Å². The molecule has 3 rings (SSSR count). The van der Waals surface area contributed by atoms with Crippen LogP contribution in [0.15, 0.2) is 64.9 Å². The molecule has 0 bridgehead atoms. The summed E-state index contributed by atoms with van der Waals surface area (Å²) in [6.07, 6.45) is -4.56. The van der Waals surface area contributed by atoms with Crippen molar-refractivity contribution in [2.24, 2.45) is 17.4 Å². The lowest BCUT2D eigenvalue weighted by molar-refractivity contribution is -0.137. The molecule has 0 saturated heterocycles. The van der Waals surface area contributed by atoms with E-state index in [0.29, 0.717) is 17.1 Å². The number of benzene rings is 2. The summed E-state index contributed by atoms with van der Waals surface area (Å²) in [5.41, 5.74) is -0.115. The standard InChI is InChI=1S/C19H17F3N6O2/c1-28-18(23-26-27-28)17(13-8-4-3-5-9-13)25-30-12-16(24-29-2)14-10-6-7-11-15(14)19(20,21)22/h3-11H,12H2,1-2H3/b24-16-,25-17-. The lowest BCUT2D eigenvalue weighted by Crippen LogP contribution is -2.18. The second-order valence-electron chi connectivity index (χ2n) is 5.97. The number of rotatable bonds is 7. The second kappa shape index (κ2) is 9.16. The van der Waals surface area contributed by atoms with Gasteiger partial charge < -0.3 is 9.68 Å². The van der Waals surface area contributed by atoms with Crippen LogP contribution in [-0.2, 0) is 22.9 Å². The molecule has 0 aliphatic carbocycles. The van der Waals surface area contributed by atoms with E-state index < -0.39 is 11.7 Å². The predicted molar refractivity (Wildman–Crippen MR) is 102 cm³/mol. The monoisotopic (exact) mass is 418 g/mol. The van der Waals surface area contributed by atoms with Gasteiger partial charge in [0.2, 0.25) is 5.82 Å². The molecule has 0 N–H and O–H groups in total. The molecule has 1 aromatic heterocycles. The van der Waals surface area contributed by atoms with Crippen LogP contribution in [0, 0.1) is 0 Å². The molecule has 2 aromatic carbocycles. The number of aryl methyl sites for hydroxylation is 1. The van der Waals surface area contributed by atoms with Gasteiger partial charge in [-0.25, -0.2) is 4.68 Å². The summed E-state index contributed by atoms with van der Waals surface area (Å²) < 4.78 is 41.5. The number of halogens is 3. The Morgan fingerprint density at radius 3 is 2.37 bits per heavy atom. The summed E-state index contributed by atoms with van der Waals surface area (Å²) in [5, 5.41) is 19.0. The molecule has 0 fully saturated rings. The molecule has 0 atom stereocenters. The van der Waals surface area contributed by atoms with E-state index in [-0.39, 0.29) is 17.9 Å². The van der Waals surface area contributed by atoms with Crippen LogP contribution in [0.1, 0.15) is 22.5 Å². The van der Waals surface area contributed by atoms with Crippen LogP contribution >= 0.6 is 0 Å². The normalized spacial score (nSPS) is 12.7. The Hall–Kier alpha value is -3.76. The summed E-state index contributed by atoms with van der Waals surface area (Å²) in [6, 6.07) is 14.0. The summed E-state index contributed by atoms with van der Waals surface area (Å²) in [4.78, 5) is 10.1. The van der Waals surface area contributed by atoms with Crippen molar-refractivity contribution in [3.05, 3.63) is 77.1 Å². The molecule has 0 aliphatic rings. The van der Waals surface area contributed by atoms with Crippen molar-refractivity contribution in [2.45, 2.75) is 6.18 Å². The maximum Gasteiger partial charge on any atom is 0.417 e. The molecule has 0 unspecified atom stereocenters. The van der Waals surface area contributed by atoms with Gasteiger partial charge in [-0.05, 0) is 16.5 Å². The van der Waals surface area contributed by atoms with Gasteiger partial charge in [-0.15, -0.1) is 5.10 Å². The van der Waals surface area contributed by atoms with Crippen molar-refractivity contribution in [1.82, 2.24) is 20.2 Å². The molecule has 0 spiro atoms. The molecular formula is C19H17F3N6O2. The Morgan fingerprint density at radius 2 is 1.73 bits per heavy atom. The van der Waals surface area contributed by atoms with Crippen molar-refractivity contribution in [1.29, 1.82) is 0 Å². The molecule has 1 heterocycles. The molecule has 0 amide bonds. The van der Waals surface area contributed by atoms with E-state index in [2.05, 4.69) is 25.8 Å². The third-order valence-electron chi connectivity index (χ3n) is 3.98. The van der Waals surface area contributed by atoms with Gasteiger partial charge in [-0.1, -0.05) is 58.8 Å². The van der Waals surface area contributed by atoms with E-state index in [1.807, 2.05) is 6.07 Å². The first-order valence-corrected chi connectivity index (χ1v) is 8.66. The number of aromatic nitrogens is 4. The lowest BCUT2D eigenvalue weighted by atomic mass is 10.0. The molecule has 0 radical (unpaired) electrons. The van der Waals surface area contributed by atoms with E-state index in [4.69, 9.17) is 9.68 Å². The van der Waals surface area contributed by atoms with Crippen molar-refractivity contribution in [3.8, 4) is 0 Å². The molecule has 11 heteroatoms. The molecule has 0 saturated carbocycles. The van der Waals surface area contributed by atoms with Crippen LogP contribution in [0.3, 0.4) is 0 Å². The Balaban J connectivity index is 1.92. The van der Waals surface area contributed by atoms with Gasteiger partial charge in [0.25, 0.3) is 0 Å². The number of tetrazole rings is 1. The molecule has 8 nitrogen and oxygen atoms in total. The second-order valence-corrected chi connectivity index (χ2v) is 5.97. The number of hydrogen-bond donors (Lipinski definition) is 0. The summed E-state index contributed by atoms with van der Waals surface area (Å²) in [7, 11) is 2.87. The van der Waals surface area contributed by atoms with Crippen molar-refractivity contribution in [2.75, 3.05) is 13.7 Å². The van der Waals surface area contributed by atoms with Crippen LogP contribution < -0.4 is 0 Å². The minimum absolute atomic E-state index is 0.0716. The number of alkyl halides is 3. The largest absolute Gasteiger partial charge is 0.417 e. The summed E-state index contributed by atoms with van der Waals surface area (Å²) in [5.74, 6) is 0.321. The third kappa shape index (κ3) is 4.80. The quantitative estimate of drug-likeness (QED) is 0.435. The molecule has 3 aromatic rings. The zero-order chi connectivity index (χ0) is 21.6. The molecular weight excluding hydrogens is 401 g/mol. The van der Waals surface area contributed by atoms with Crippen LogP contribution in [0.4, 0.5) is 13.2 Å². The Bertz CT molecular complexity index is 1050. The highest BCUT2D eigenvalue weighted by molar-refractivity contribution is 6.10. The highest BCUT2D eigenvalue weighted by Crippen LogP contribution is 2.32. The fraction of sp³-hybridized carbons (Fsp3) is 0.211. The first-order valence-electron chi connectivity index (χ1n) is 8.66. The smallest absolute Gasteiger partial charge is 0.399 e. The lowest BCUT2D eigenvalue weighted by Gasteiger charge is -2.13. The minimum atomic E-state index is -4.56. The Morgan fingerprint density at radius 1 is 1.03 bits per heavy atom. The van der Waals surface area contributed by atoms with E-state index in [0.717, 1.165) is 6.07 Å². The summed E-state index contributed by atoms with van der Waals surface area (Å²) in [6.45, 7) is -0.372. The maximum atomic E-state index is 13.4. The molecule has 156 valence electrons. The van der Waals surface area contributed by atoms with Crippen LogP contribution in [0.25, 0.3) is 0 Å². The van der Waals surface area contributed by atoms with Gasteiger partial charge in [0.05, 0.1) is 5.56 Å². The highest BCUT2D eigenvalue weighted by Gasteiger charge is 2.34. The average Bonchev–Trinajstić information content (AvgIpc) is 3.16. The van der Waals surface area contributed by atoms with Crippen molar-refractivity contribution >= 4 is 11.4 Å². The molecule has 30 heavy (non-hydrogen) atoms. The number of hydrogen-bond acceptors (Lipinski definition) is 7. The zero-order valence-corrected chi connectivity index (χ0v) is 16.0. The molecule has 0 aliphatic heterocycles. The predicted octanol–water partition coefficient (Wildman–Crippen LogP) is 3.05. The van der Waals surface area contributed by atoms with Gasteiger partial charge in [-0.3, -0.25) is 0 Å². The first kappa shape index (κ1) is 21.0. The maximum absolute atomic E-state index is 13.4. The highest BCUT2D eigenvalue weighted by atomic mass is 19.4. The van der Waals surface area contributed by atoms with E-state index in [9.17, 15) is 13.2 Å². The van der Waals surface area contributed by atoms with Gasteiger partial charge in [-0.2, -0.15) is 13.2 Å². The Labute approximate surface area is 169 Å². The number of oxime groups is 2. The zero-order valence-electron chi connectivity index (χ0n) is 16.0. The van der Waals surface area contributed by atoms with E-state index in [1.165, 1.54) is 30.0 Å². The fourth-order valence-corrected chi connectivity index (χ4v) is 2.65. The summed E-state index contributed by atoms with van der Waals surface area (Å²) >= 11 is 0. The van der Waals surface area contributed by atoms with Crippen molar-refractivity contribution in [3.63, 3.8) is 0 Å². The van der Waals surface area contributed by atoms with Crippen molar-refractivity contribution < 1.29 is 22.8 Å². The van der Waals surface area contributed by atoms with Gasteiger partial charge in [0.15, 0.2) is 12.3 Å². The fourth-order valence-electron chi connectivity index (χ4n) is 2.65. The topological polar surface area (TPSA) is 86.8 Å². The minimum Gasteiger partial charge on any atom is -0.399 e. The number of nitrogens with zero attached hydrogens (tertiary/aromatic N) is 6. The van der Waals surface area contributed by atoms with Crippen LogP contribution in [0.2, 0.25) is 0 Å². The average molecular weight is 418 g/mol. The van der Waals surface area contributed by atoms with Crippen LogP contribution in [0.5, 0.6) is 0 Å².